The summed E-state index contributed by atoms with van der Waals surface area (Å²) >= 11 is 3.24. The largest absolute Gasteiger partial charge is 0.444 e. The van der Waals surface area contributed by atoms with Gasteiger partial charge in [0.25, 0.3) is 0 Å². The molecule has 0 aromatic rings. The fourth-order valence-corrected chi connectivity index (χ4v) is 2.55. The fourth-order valence-electron chi connectivity index (χ4n) is 2.37. The van der Waals surface area contributed by atoms with Crippen molar-refractivity contribution in [1.29, 1.82) is 0 Å². The Bertz CT molecular complexity index is 469. The minimum absolute atomic E-state index is 0.0276. The number of nitrogens with zero attached hydrogens (tertiary/aromatic N) is 2. The minimum atomic E-state index is -0.493. The molecule has 1 rings (SSSR count). The Balaban J connectivity index is 2.72. The van der Waals surface area contributed by atoms with Gasteiger partial charge in [0.2, 0.25) is 0 Å². The fraction of sp³-hybridized carbons (Fsp3) is 0.625. The van der Waals surface area contributed by atoms with Crippen LogP contribution in [-0.4, -0.2) is 41.1 Å². The number of amidine groups is 1. The summed E-state index contributed by atoms with van der Waals surface area (Å²) in [7, 11) is 0. The van der Waals surface area contributed by atoms with E-state index in [2.05, 4.69) is 51.2 Å². The summed E-state index contributed by atoms with van der Waals surface area (Å²) in [5.74, 6) is 0.755. The third-order valence-corrected chi connectivity index (χ3v) is 3.49. The van der Waals surface area contributed by atoms with E-state index in [1.54, 1.807) is 6.08 Å². The van der Waals surface area contributed by atoms with E-state index in [1.807, 2.05) is 20.8 Å². The van der Waals surface area contributed by atoms with E-state index in [-0.39, 0.29) is 12.1 Å². The Morgan fingerprint density at radius 2 is 2.09 bits per heavy atom. The SMILES string of the molecule is C=CC(=NC(=C)Br)N1CC(NC(=O)OC(C)(C)C)CCC1C. The van der Waals surface area contributed by atoms with Crippen molar-refractivity contribution < 1.29 is 9.53 Å². The first-order valence-corrected chi connectivity index (χ1v) is 8.23. The van der Waals surface area contributed by atoms with Gasteiger partial charge >= 0.3 is 6.09 Å². The average Bonchev–Trinajstić information content (AvgIpc) is 2.36. The van der Waals surface area contributed by atoms with Crippen LogP contribution in [0.5, 0.6) is 0 Å². The van der Waals surface area contributed by atoms with Crippen LogP contribution < -0.4 is 5.32 Å². The quantitative estimate of drug-likeness (QED) is 0.466. The van der Waals surface area contributed by atoms with Crippen molar-refractivity contribution in [2.24, 2.45) is 4.99 Å². The molecule has 1 aliphatic rings. The molecule has 2 atom stereocenters. The monoisotopic (exact) mass is 371 g/mol. The number of alkyl carbamates (subject to hydrolysis) is 1. The molecule has 1 amide bonds. The molecule has 1 fully saturated rings. The van der Waals surface area contributed by atoms with E-state index in [4.69, 9.17) is 4.74 Å². The molecule has 22 heavy (non-hydrogen) atoms. The highest BCUT2D eigenvalue weighted by molar-refractivity contribution is 9.11. The predicted octanol–water partition coefficient (Wildman–Crippen LogP) is 3.81. The van der Waals surface area contributed by atoms with Gasteiger partial charge in [-0.25, -0.2) is 9.79 Å². The Hall–Kier alpha value is -1.30. The van der Waals surface area contributed by atoms with Crippen LogP contribution in [0.3, 0.4) is 0 Å². The highest BCUT2D eigenvalue weighted by atomic mass is 79.9. The number of ether oxygens (including phenoxy) is 1. The summed E-state index contributed by atoms with van der Waals surface area (Å²) in [5.41, 5.74) is -0.493. The summed E-state index contributed by atoms with van der Waals surface area (Å²) < 4.78 is 5.87. The first-order chi connectivity index (χ1) is 10.1. The molecule has 1 aliphatic heterocycles. The molecular weight excluding hydrogens is 346 g/mol. The summed E-state index contributed by atoms with van der Waals surface area (Å²) in [4.78, 5) is 18.4. The Morgan fingerprint density at radius 1 is 1.45 bits per heavy atom. The second kappa shape index (κ2) is 7.81. The number of aliphatic imine (C=N–C) groups is 1. The maximum Gasteiger partial charge on any atom is 0.407 e. The lowest BCUT2D eigenvalue weighted by Crippen LogP contribution is -2.53. The number of likely N-dealkylation sites (tertiary alicyclic amines) is 1. The van der Waals surface area contributed by atoms with E-state index in [0.717, 1.165) is 18.7 Å². The highest BCUT2D eigenvalue weighted by Crippen LogP contribution is 2.20. The molecule has 0 spiro atoms. The first kappa shape index (κ1) is 18.7. The van der Waals surface area contributed by atoms with Crippen molar-refractivity contribution >= 4 is 27.9 Å². The molecule has 1 heterocycles. The van der Waals surface area contributed by atoms with Crippen molar-refractivity contribution in [1.82, 2.24) is 10.2 Å². The summed E-state index contributed by atoms with van der Waals surface area (Å²) in [6.07, 6.45) is 3.20. The van der Waals surface area contributed by atoms with Gasteiger partial charge in [0, 0.05) is 18.6 Å². The molecule has 0 radical (unpaired) electrons. The van der Waals surface area contributed by atoms with E-state index >= 15 is 0 Å². The average molecular weight is 372 g/mol. The molecule has 0 aromatic carbocycles. The number of hydrogen-bond donors (Lipinski definition) is 1. The van der Waals surface area contributed by atoms with Gasteiger partial charge in [0.05, 0.1) is 0 Å². The molecule has 0 bridgehead atoms. The summed E-state index contributed by atoms with van der Waals surface area (Å²) in [6, 6.07) is 0.361. The summed E-state index contributed by atoms with van der Waals surface area (Å²) in [5, 5.41) is 2.93. The maximum atomic E-state index is 11.9. The van der Waals surface area contributed by atoms with Gasteiger partial charge in [-0.1, -0.05) is 13.2 Å². The third-order valence-electron chi connectivity index (χ3n) is 3.32. The van der Waals surface area contributed by atoms with Gasteiger partial charge in [-0.2, -0.15) is 0 Å². The Kier molecular flexibility index (Phi) is 6.66. The molecule has 0 aliphatic carbocycles. The van der Waals surface area contributed by atoms with Crippen LogP contribution in [0.2, 0.25) is 0 Å². The van der Waals surface area contributed by atoms with Crippen LogP contribution in [-0.2, 0) is 4.74 Å². The molecular formula is C16H26BrN3O2. The topological polar surface area (TPSA) is 53.9 Å². The van der Waals surface area contributed by atoms with Gasteiger partial charge in [0.15, 0.2) is 0 Å². The number of halogens is 1. The number of nitrogens with one attached hydrogen (secondary N) is 1. The van der Waals surface area contributed by atoms with Gasteiger partial charge in [-0.05, 0) is 62.5 Å². The first-order valence-electron chi connectivity index (χ1n) is 7.44. The predicted molar refractivity (Wildman–Crippen MR) is 94.3 cm³/mol. The molecule has 6 heteroatoms. The number of piperidine rings is 1. The molecule has 1 saturated heterocycles. The van der Waals surface area contributed by atoms with Gasteiger partial charge in [-0.15, -0.1) is 0 Å². The molecule has 0 aromatic heterocycles. The molecule has 5 nitrogen and oxygen atoms in total. The zero-order valence-corrected chi connectivity index (χ0v) is 15.4. The second-order valence-corrected chi connectivity index (χ2v) is 7.39. The van der Waals surface area contributed by atoms with Crippen LogP contribution in [0, 0.1) is 0 Å². The molecule has 0 saturated carbocycles. The van der Waals surface area contributed by atoms with Crippen LogP contribution in [0.25, 0.3) is 0 Å². The van der Waals surface area contributed by atoms with Crippen LogP contribution in [0.15, 0.2) is 28.8 Å². The maximum absolute atomic E-state index is 11.9. The lowest BCUT2D eigenvalue weighted by atomic mass is 9.99. The smallest absolute Gasteiger partial charge is 0.407 e. The Labute approximate surface area is 141 Å². The van der Waals surface area contributed by atoms with E-state index < -0.39 is 5.60 Å². The second-order valence-electron chi connectivity index (χ2n) is 6.47. The summed E-state index contributed by atoms with van der Waals surface area (Å²) in [6.45, 7) is 15.9. The van der Waals surface area contributed by atoms with E-state index in [0.29, 0.717) is 17.2 Å². The number of carbonyl (C=O) groups excluding carboxylic acids is 1. The number of amides is 1. The minimum Gasteiger partial charge on any atom is -0.444 e. The van der Waals surface area contributed by atoms with Gasteiger partial charge in [-0.3, -0.25) is 0 Å². The van der Waals surface area contributed by atoms with Crippen molar-refractivity contribution in [2.75, 3.05) is 6.54 Å². The number of rotatable bonds is 3. The third kappa shape index (κ3) is 6.22. The normalized spacial score (nSPS) is 23.0. The van der Waals surface area contributed by atoms with Crippen molar-refractivity contribution in [3.8, 4) is 0 Å². The standard InChI is InChI=1S/C16H26BrN3O2/c1-7-14(18-12(3)17)20-10-13(9-8-11(20)2)19-15(21)22-16(4,5)6/h7,11,13H,1,3,8-10H2,2,4-6H3,(H,19,21). The van der Waals surface area contributed by atoms with Crippen LogP contribution in [0.1, 0.15) is 40.5 Å². The van der Waals surface area contributed by atoms with Crippen molar-refractivity contribution in [2.45, 2.75) is 58.2 Å². The Morgan fingerprint density at radius 3 is 2.59 bits per heavy atom. The lowest BCUT2D eigenvalue weighted by Gasteiger charge is -2.39. The van der Waals surface area contributed by atoms with E-state index in [1.165, 1.54) is 0 Å². The van der Waals surface area contributed by atoms with Gasteiger partial charge < -0.3 is 15.0 Å². The van der Waals surface area contributed by atoms with Crippen LogP contribution >= 0.6 is 15.9 Å². The lowest BCUT2D eigenvalue weighted by molar-refractivity contribution is 0.0476. The number of hydrogen-bond acceptors (Lipinski definition) is 3. The molecule has 124 valence electrons. The zero-order valence-electron chi connectivity index (χ0n) is 13.9. The van der Waals surface area contributed by atoms with E-state index in [9.17, 15) is 4.79 Å². The highest BCUT2D eigenvalue weighted by Gasteiger charge is 2.29. The molecule has 1 N–H and O–H groups in total. The van der Waals surface area contributed by atoms with Crippen molar-refractivity contribution in [3.63, 3.8) is 0 Å². The number of carbonyl (C=O) groups is 1. The van der Waals surface area contributed by atoms with Crippen molar-refractivity contribution in [3.05, 3.63) is 23.8 Å². The van der Waals surface area contributed by atoms with Gasteiger partial charge in [0.1, 0.15) is 16.0 Å². The van der Waals surface area contributed by atoms with Crippen LogP contribution in [0.4, 0.5) is 4.79 Å². The molecule has 2 unspecified atom stereocenters. The zero-order chi connectivity index (χ0) is 16.9.